The highest BCUT2D eigenvalue weighted by atomic mass is 16.6. The van der Waals surface area contributed by atoms with Crippen molar-refractivity contribution >= 4 is 6.09 Å². The summed E-state index contributed by atoms with van der Waals surface area (Å²) in [5, 5.41) is 12.3. The van der Waals surface area contributed by atoms with Crippen LogP contribution in [0.3, 0.4) is 0 Å². The number of rotatable bonds is 3. The Bertz CT molecular complexity index is 245. The Balaban J connectivity index is 2.60. The van der Waals surface area contributed by atoms with Crippen molar-refractivity contribution in [3.05, 3.63) is 0 Å². The van der Waals surface area contributed by atoms with Crippen LogP contribution in [0.5, 0.6) is 0 Å². The van der Waals surface area contributed by atoms with Gasteiger partial charge in [0.15, 0.2) is 0 Å². The number of nitrogens with one attached hydrogen (secondary N) is 1. The van der Waals surface area contributed by atoms with E-state index in [1.165, 1.54) is 0 Å². The smallest absolute Gasteiger partial charge is 0.410 e. The lowest BCUT2D eigenvalue weighted by atomic mass is 10.1. The van der Waals surface area contributed by atoms with Crippen LogP contribution in [-0.4, -0.2) is 54.0 Å². The van der Waals surface area contributed by atoms with E-state index in [0.717, 1.165) is 25.9 Å². The van der Waals surface area contributed by atoms with Crippen LogP contribution in [0.1, 0.15) is 33.6 Å². The highest BCUT2D eigenvalue weighted by Gasteiger charge is 2.28. The molecular formula is C12H24N2O3. The monoisotopic (exact) mass is 244 g/mol. The number of hydrogen-bond acceptors (Lipinski definition) is 4. The van der Waals surface area contributed by atoms with Gasteiger partial charge in [-0.2, -0.15) is 0 Å². The third-order valence-electron chi connectivity index (χ3n) is 2.68. The summed E-state index contributed by atoms with van der Waals surface area (Å²) in [7, 11) is 0. The molecule has 0 saturated carbocycles. The van der Waals surface area contributed by atoms with Gasteiger partial charge in [-0.3, -0.25) is 0 Å². The highest BCUT2D eigenvalue weighted by molar-refractivity contribution is 5.68. The SMILES string of the molecule is CC(C)(C)OC(=O)N(CCO)C1CCCNC1. The number of amides is 1. The van der Waals surface area contributed by atoms with Crippen molar-refractivity contribution in [2.24, 2.45) is 0 Å². The quantitative estimate of drug-likeness (QED) is 0.776. The zero-order chi connectivity index (χ0) is 12.9. The molecule has 1 amide bonds. The second kappa shape index (κ2) is 6.21. The van der Waals surface area contributed by atoms with E-state index in [9.17, 15) is 4.79 Å². The van der Waals surface area contributed by atoms with Crippen molar-refractivity contribution in [3.8, 4) is 0 Å². The summed E-state index contributed by atoms with van der Waals surface area (Å²) in [5.41, 5.74) is -0.493. The maximum Gasteiger partial charge on any atom is 0.410 e. The van der Waals surface area contributed by atoms with E-state index in [2.05, 4.69) is 5.32 Å². The molecule has 17 heavy (non-hydrogen) atoms. The molecule has 1 atom stereocenters. The van der Waals surface area contributed by atoms with E-state index in [1.54, 1.807) is 4.90 Å². The fourth-order valence-corrected chi connectivity index (χ4v) is 1.95. The van der Waals surface area contributed by atoms with E-state index in [-0.39, 0.29) is 18.7 Å². The molecule has 5 nitrogen and oxygen atoms in total. The fourth-order valence-electron chi connectivity index (χ4n) is 1.95. The van der Waals surface area contributed by atoms with Crippen molar-refractivity contribution in [1.29, 1.82) is 0 Å². The molecule has 0 spiro atoms. The molecule has 0 bridgehead atoms. The normalized spacial score (nSPS) is 21.1. The second-order valence-corrected chi connectivity index (χ2v) is 5.40. The van der Waals surface area contributed by atoms with Crippen molar-refractivity contribution in [3.63, 3.8) is 0 Å². The molecule has 0 radical (unpaired) electrons. The molecule has 0 aromatic rings. The molecule has 1 heterocycles. The molecule has 0 aliphatic carbocycles. The zero-order valence-corrected chi connectivity index (χ0v) is 11.0. The number of carbonyl (C=O) groups is 1. The minimum Gasteiger partial charge on any atom is -0.444 e. The Kier molecular flexibility index (Phi) is 5.21. The minimum atomic E-state index is -0.493. The first-order chi connectivity index (χ1) is 7.94. The van der Waals surface area contributed by atoms with Gasteiger partial charge in [-0.15, -0.1) is 0 Å². The van der Waals surface area contributed by atoms with E-state index in [1.807, 2.05) is 20.8 Å². The number of piperidine rings is 1. The first-order valence-electron chi connectivity index (χ1n) is 6.25. The molecule has 1 aliphatic heterocycles. The third kappa shape index (κ3) is 4.91. The number of hydrogen-bond donors (Lipinski definition) is 2. The molecule has 100 valence electrons. The van der Waals surface area contributed by atoms with Crippen LogP contribution in [0.25, 0.3) is 0 Å². The van der Waals surface area contributed by atoms with Crippen LogP contribution in [0.2, 0.25) is 0 Å². The number of aliphatic hydroxyl groups is 1. The van der Waals surface area contributed by atoms with E-state index < -0.39 is 5.60 Å². The van der Waals surface area contributed by atoms with Gasteiger partial charge in [-0.05, 0) is 40.2 Å². The molecule has 1 aliphatic rings. The summed E-state index contributed by atoms with van der Waals surface area (Å²) >= 11 is 0. The van der Waals surface area contributed by atoms with E-state index in [4.69, 9.17) is 9.84 Å². The molecule has 2 N–H and O–H groups in total. The third-order valence-corrected chi connectivity index (χ3v) is 2.68. The van der Waals surface area contributed by atoms with Crippen LogP contribution >= 0.6 is 0 Å². The van der Waals surface area contributed by atoms with Crippen LogP contribution in [-0.2, 0) is 4.74 Å². The van der Waals surface area contributed by atoms with Crippen LogP contribution in [0, 0.1) is 0 Å². The number of nitrogens with zero attached hydrogens (tertiary/aromatic N) is 1. The summed E-state index contributed by atoms with van der Waals surface area (Å²) < 4.78 is 5.35. The summed E-state index contributed by atoms with van der Waals surface area (Å²) in [6, 6.07) is 0.130. The molecule has 1 saturated heterocycles. The highest BCUT2D eigenvalue weighted by Crippen LogP contribution is 2.15. The summed E-state index contributed by atoms with van der Waals surface area (Å²) in [5.74, 6) is 0. The van der Waals surface area contributed by atoms with Gasteiger partial charge in [-0.25, -0.2) is 4.79 Å². The Morgan fingerprint density at radius 2 is 2.24 bits per heavy atom. The maximum absolute atomic E-state index is 12.0. The molecule has 1 fully saturated rings. The predicted molar refractivity (Wildman–Crippen MR) is 65.9 cm³/mol. The summed E-state index contributed by atoms with van der Waals surface area (Å²) in [4.78, 5) is 13.6. The minimum absolute atomic E-state index is 0.0320. The van der Waals surface area contributed by atoms with Crippen molar-refractivity contribution in [2.75, 3.05) is 26.2 Å². The Labute approximate surface area is 103 Å². The zero-order valence-electron chi connectivity index (χ0n) is 11.0. The van der Waals surface area contributed by atoms with Crippen LogP contribution in [0.4, 0.5) is 4.79 Å². The van der Waals surface area contributed by atoms with Gasteiger partial charge in [0.1, 0.15) is 5.60 Å². The Hall–Kier alpha value is -0.810. The first-order valence-corrected chi connectivity index (χ1v) is 6.25. The topological polar surface area (TPSA) is 61.8 Å². The number of aliphatic hydroxyl groups excluding tert-OH is 1. The summed E-state index contributed by atoms with van der Waals surface area (Å²) in [6.45, 7) is 7.62. The van der Waals surface area contributed by atoms with Gasteiger partial charge < -0.3 is 20.1 Å². The largest absolute Gasteiger partial charge is 0.444 e. The van der Waals surface area contributed by atoms with Crippen molar-refractivity contribution in [2.45, 2.75) is 45.3 Å². The lowest BCUT2D eigenvalue weighted by Gasteiger charge is -2.35. The molecule has 0 aromatic heterocycles. The van der Waals surface area contributed by atoms with Gasteiger partial charge in [0.25, 0.3) is 0 Å². The average Bonchev–Trinajstić information content (AvgIpc) is 2.24. The number of carbonyl (C=O) groups excluding carboxylic acids is 1. The van der Waals surface area contributed by atoms with Gasteiger partial charge in [-0.1, -0.05) is 0 Å². The van der Waals surface area contributed by atoms with Crippen LogP contribution in [0.15, 0.2) is 0 Å². The van der Waals surface area contributed by atoms with E-state index >= 15 is 0 Å². The van der Waals surface area contributed by atoms with Gasteiger partial charge in [0.05, 0.1) is 6.61 Å². The average molecular weight is 244 g/mol. The lowest BCUT2D eigenvalue weighted by Crippen LogP contribution is -2.51. The molecule has 0 aromatic carbocycles. The molecule has 1 unspecified atom stereocenters. The molecule has 1 rings (SSSR count). The lowest BCUT2D eigenvalue weighted by molar-refractivity contribution is 0.00976. The van der Waals surface area contributed by atoms with Gasteiger partial charge in [0, 0.05) is 19.1 Å². The van der Waals surface area contributed by atoms with Crippen LogP contribution < -0.4 is 5.32 Å². The second-order valence-electron chi connectivity index (χ2n) is 5.40. The van der Waals surface area contributed by atoms with Gasteiger partial charge in [0.2, 0.25) is 0 Å². The standard InChI is InChI=1S/C12H24N2O3/c1-12(2,3)17-11(16)14(7-8-15)10-5-4-6-13-9-10/h10,13,15H,4-9H2,1-3H3. The maximum atomic E-state index is 12.0. The van der Waals surface area contributed by atoms with Crippen molar-refractivity contribution < 1.29 is 14.6 Å². The summed E-state index contributed by atoms with van der Waals surface area (Å²) in [6.07, 6.45) is 1.68. The first kappa shape index (κ1) is 14.3. The Morgan fingerprint density at radius 3 is 2.71 bits per heavy atom. The van der Waals surface area contributed by atoms with Crippen molar-refractivity contribution in [1.82, 2.24) is 10.2 Å². The van der Waals surface area contributed by atoms with Gasteiger partial charge >= 0.3 is 6.09 Å². The number of ether oxygens (including phenoxy) is 1. The molecule has 5 heteroatoms. The molecular weight excluding hydrogens is 220 g/mol. The Morgan fingerprint density at radius 1 is 1.53 bits per heavy atom. The fraction of sp³-hybridized carbons (Fsp3) is 0.917. The van der Waals surface area contributed by atoms with E-state index in [0.29, 0.717) is 6.54 Å². The predicted octanol–water partition coefficient (Wildman–Crippen LogP) is 0.968.